The minimum Gasteiger partial charge on any atom is -0.444 e. The normalized spacial score (nSPS) is 16.9. The van der Waals surface area contributed by atoms with Crippen LogP contribution in [0, 0.1) is 0 Å². The van der Waals surface area contributed by atoms with E-state index in [9.17, 15) is 18.0 Å². The van der Waals surface area contributed by atoms with Crippen molar-refractivity contribution in [3.8, 4) is 0 Å². The first-order valence-electron chi connectivity index (χ1n) is 10.3. The molecule has 0 N–H and O–H groups in total. The van der Waals surface area contributed by atoms with Gasteiger partial charge < -0.3 is 9.30 Å². The third kappa shape index (κ3) is 5.34. The highest BCUT2D eigenvalue weighted by atomic mass is 35.5. The highest BCUT2D eigenvalue weighted by Crippen LogP contribution is 2.36. The number of halogens is 4. The second-order valence-electron chi connectivity index (χ2n) is 8.64. The number of nitrogens with zero attached hydrogens (tertiary/aromatic N) is 3. The number of hydrogen-bond acceptors (Lipinski definition) is 3. The van der Waals surface area contributed by atoms with Gasteiger partial charge in [0.15, 0.2) is 0 Å². The molecule has 1 aliphatic heterocycles. The molecule has 1 amide bonds. The van der Waals surface area contributed by atoms with Crippen molar-refractivity contribution in [2.75, 3.05) is 6.54 Å². The monoisotopic (exact) mass is 457 g/mol. The predicted octanol–water partition coefficient (Wildman–Crippen LogP) is 6.04. The van der Waals surface area contributed by atoms with Crippen LogP contribution in [-0.4, -0.2) is 32.7 Å². The van der Waals surface area contributed by atoms with Crippen LogP contribution in [0.25, 0.3) is 0 Å². The zero-order valence-corrected chi connectivity index (χ0v) is 18.8. The Labute approximate surface area is 185 Å². The number of alkyl halides is 3. The van der Waals surface area contributed by atoms with E-state index < -0.39 is 23.4 Å². The van der Waals surface area contributed by atoms with Gasteiger partial charge in [0.1, 0.15) is 11.4 Å². The van der Waals surface area contributed by atoms with Gasteiger partial charge in [-0.15, -0.1) is 0 Å². The number of amides is 1. The Kier molecular flexibility index (Phi) is 6.60. The fourth-order valence-electron chi connectivity index (χ4n) is 3.85. The van der Waals surface area contributed by atoms with Crippen molar-refractivity contribution in [3.05, 3.63) is 52.1 Å². The Bertz CT molecular complexity index is 950. The summed E-state index contributed by atoms with van der Waals surface area (Å²) >= 11 is 5.87. The Hall–Kier alpha value is -2.22. The first kappa shape index (κ1) is 23.4. The third-order valence-electron chi connectivity index (χ3n) is 5.24. The molecule has 2 heterocycles. The molecule has 1 atom stereocenters. The van der Waals surface area contributed by atoms with Crippen LogP contribution < -0.4 is 0 Å². The average Bonchev–Trinajstić information content (AvgIpc) is 3.07. The van der Waals surface area contributed by atoms with Gasteiger partial charge in [-0.3, -0.25) is 4.90 Å². The fraction of sp³-hybridized carbons (Fsp3) is 0.545. The first-order valence-corrected chi connectivity index (χ1v) is 10.7. The number of aromatic nitrogens is 2. The average molecular weight is 458 g/mol. The van der Waals surface area contributed by atoms with Crippen molar-refractivity contribution in [2.24, 2.45) is 0 Å². The van der Waals surface area contributed by atoms with Gasteiger partial charge in [-0.25, -0.2) is 9.78 Å². The van der Waals surface area contributed by atoms with Gasteiger partial charge in [-0.2, -0.15) is 13.2 Å². The molecule has 9 heteroatoms. The van der Waals surface area contributed by atoms with Crippen LogP contribution in [-0.2, 0) is 30.3 Å². The summed E-state index contributed by atoms with van der Waals surface area (Å²) in [6.07, 6.45) is -1.39. The second kappa shape index (κ2) is 8.73. The Balaban J connectivity index is 1.85. The number of aryl methyl sites for hydroxylation is 2. The maximum atomic E-state index is 13.0. The van der Waals surface area contributed by atoms with Crippen LogP contribution in [0.3, 0.4) is 0 Å². The molecule has 1 aromatic carbocycles. The summed E-state index contributed by atoms with van der Waals surface area (Å²) in [6.45, 7) is 8.56. The summed E-state index contributed by atoms with van der Waals surface area (Å²) in [7, 11) is 0. The molecule has 0 spiro atoms. The molecule has 0 radical (unpaired) electrons. The number of rotatable bonds is 4. The fourth-order valence-corrected chi connectivity index (χ4v) is 4.16. The van der Waals surface area contributed by atoms with Gasteiger partial charge in [0.25, 0.3) is 0 Å². The number of fused-ring (bicyclic) bond motifs is 1. The molecule has 170 valence electrons. The van der Waals surface area contributed by atoms with E-state index in [1.165, 1.54) is 12.1 Å². The van der Waals surface area contributed by atoms with Gasteiger partial charge in [-0.1, -0.05) is 24.6 Å². The van der Waals surface area contributed by atoms with E-state index in [-0.39, 0.29) is 11.1 Å². The first-order chi connectivity index (χ1) is 14.4. The molecule has 31 heavy (non-hydrogen) atoms. The second-order valence-corrected chi connectivity index (χ2v) is 9.05. The molecule has 0 bridgehead atoms. The molecule has 0 aliphatic carbocycles. The summed E-state index contributed by atoms with van der Waals surface area (Å²) in [5.74, 6) is 0.946. The van der Waals surface area contributed by atoms with Crippen molar-refractivity contribution in [2.45, 2.75) is 71.3 Å². The molecular weight excluding hydrogens is 431 g/mol. The van der Waals surface area contributed by atoms with Gasteiger partial charge in [0.05, 0.1) is 28.5 Å². The highest BCUT2D eigenvalue weighted by Gasteiger charge is 2.36. The van der Waals surface area contributed by atoms with E-state index in [4.69, 9.17) is 16.3 Å². The molecule has 0 saturated heterocycles. The molecule has 1 unspecified atom stereocenters. The molecule has 1 aliphatic rings. The van der Waals surface area contributed by atoms with Gasteiger partial charge >= 0.3 is 12.3 Å². The van der Waals surface area contributed by atoms with Crippen LogP contribution in [0.5, 0.6) is 0 Å². The molecular formula is C22H27ClF3N3O2. The topological polar surface area (TPSA) is 47.4 Å². The Morgan fingerprint density at radius 1 is 1.26 bits per heavy atom. The zero-order valence-electron chi connectivity index (χ0n) is 18.1. The lowest BCUT2D eigenvalue weighted by Gasteiger charge is -2.38. The van der Waals surface area contributed by atoms with Gasteiger partial charge in [0, 0.05) is 19.5 Å². The highest BCUT2D eigenvalue weighted by molar-refractivity contribution is 6.31. The van der Waals surface area contributed by atoms with Crippen LogP contribution in [0.4, 0.5) is 18.0 Å². The third-order valence-corrected chi connectivity index (χ3v) is 5.55. The summed E-state index contributed by atoms with van der Waals surface area (Å²) in [5.41, 5.74) is 0.104. The lowest BCUT2D eigenvalue weighted by molar-refractivity contribution is -0.137. The van der Waals surface area contributed by atoms with E-state index in [0.29, 0.717) is 31.5 Å². The van der Waals surface area contributed by atoms with E-state index in [1.54, 1.807) is 11.1 Å². The Morgan fingerprint density at radius 2 is 1.97 bits per heavy atom. The molecule has 2 aromatic rings. The van der Waals surface area contributed by atoms with Crippen LogP contribution in [0.15, 0.2) is 24.4 Å². The van der Waals surface area contributed by atoms with Crippen molar-refractivity contribution in [3.63, 3.8) is 0 Å². The quantitative estimate of drug-likeness (QED) is 0.562. The van der Waals surface area contributed by atoms with Crippen molar-refractivity contribution < 1.29 is 22.7 Å². The summed E-state index contributed by atoms with van der Waals surface area (Å²) in [4.78, 5) is 19.0. The summed E-state index contributed by atoms with van der Waals surface area (Å²) in [5, 5.41) is -0.323. The van der Waals surface area contributed by atoms with E-state index in [2.05, 4.69) is 9.55 Å². The molecule has 0 fully saturated rings. The van der Waals surface area contributed by atoms with Crippen LogP contribution in [0.1, 0.15) is 62.8 Å². The van der Waals surface area contributed by atoms with Gasteiger partial charge in [0.2, 0.25) is 0 Å². The molecule has 5 nitrogen and oxygen atoms in total. The minimum atomic E-state index is -4.49. The lowest BCUT2D eigenvalue weighted by atomic mass is 9.99. The number of carbonyl (C=O) groups is 1. The van der Waals surface area contributed by atoms with Crippen LogP contribution >= 0.6 is 11.6 Å². The van der Waals surface area contributed by atoms with E-state index in [0.717, 1.165) is 24.0 Å². The van der Waals surface area contributed by atoms with Crippen LogP contribution in [0.2, 0.25) is 5.02 Å². The number of ether oxygens (including phenoxy) is 1. The molecule has 0 saturated carbocycles. The maximum Gasteiger partial charge on any atom is 0.417 e. The number of carbonyl (C=O) groups excluding carboxylic acids is 1. The number of hydrogen-bond donors (Lipinski definition) is 0. The predicted molar refractivity (Wildman–Crippen MR) is 112 cm³/mol. The van der Waals surface area contributed by atoms with Crippen molar-refractivity contribution in [1.82, 2.24) is 14.5 Å². The lowest BCUT2D eigenvalue weighted by Crippen LogP contribution is -2.44. The standard InChI is InChI=1S/C22H27ClF3N3O2/c1-5-19-27-13-18-17(29(11-10-28(18)19)20(30)31-21(2,3)4)9-7-14-6-8-15(16(23)12-14)22(24,25)26/h6,8,12-13,17H,5,7,9-11H2,1-4H3. The number of imidazole rings is 1. The largest absolute Gasteiger partial charge is 0.444 e. The van der Waals surface area contributed by atoms with E-state index in [1.807, 2.05) is 27.7 Å². The van der Waals surface area contributed by atoms with Gasteiger partial charge in [-0.05, 0) is 51.3 Å². The minimum absolute atomic E-state index is 0.294. The summed E-state index contributed by atoms with van der Waals surface area (Å²) in [6, 6.07) is 3.49. The summed E-state index contributed by atoms with van der Waals surface area (Å²) < 4.78 is 46.7. The van der Waals surface area contributed by atoms with E-state index >= 15 is 0 Å². The molecule has 1 aromatic heterocycles. The maximum absolute atomic E-state index is 13.0. The zero-order chi connectivity index (χ0) is 23.0. The SMILES string of the molecule is CCc1ncc2n1CCN(C(=O)OC(C)(C)C)C2CCc1ccc(C(F)(F)F)c(Cl)c1. The smallest absolute Gasteiger partial charge is 0.417 e. The Morgan fingerprint density at radius 3 is 2.55 bits per heavy atom. The van der Waals surface area contributed by atoms with Crippen molar-refractivity contribution >= 4 is 17.7 Å². The van der Waals surface area contributed by atoms with Crippen molar-refractivity contribution in [1.29, 1.82) is 0 Å². The molecule has 3 rings (SSSR count). The number of benzene rings is 1.